The lowest BCUT2D eigenvalue weighted by Gasteiger charge is -2.14. The van der Waals surface area contributed by atoms with Crippen LogP contribution < -0.4 is 10.6 Å². The average Bonchev–Trinajstić information content (AvgIpc) is 2.67. The van der Waals surface area contributed by atoms with Crippen molar-refractivity contribution in [1.82, 2.24) is 15.1 Å². The summed E-state index contributed by atoms with van der Waals surface area (Å²) < 4.78 is 1.33. The number of amides is 1. The van der Waals surface area contributed by atoms with Gasteiger partial charge in [0, 0.05) is 13.6 Å². The number of hydrogen-bond donors (Lipinski definition) is 2. The van der Waals surface area contributed by atoms with Crippen LogP contribution in [-0.2, 0) is 11.8 Å². The third kappa shape index (κ3) is 4.23. The van der Waals surface area contributed by atoms with Crippen LogP contribution in [0.25, 0.3) is 0 Å². The van der Waals surface area contributed by atoms with Crippen LogP contribution in [0, 0.1) is 16.0 Å². The van der Waals surface area contributed by atoms with E-state index in [0.29, 0.717) is 12.5 Å². The molecule has 0 saturated heterocycles. The summed E-state index contributed by atoms with van der Waals surface area (Å²) in [6.07, 6.45) is 1.29. The Hall–Kier alpha value is -2.12. The molecule has 0 saturated carbocycles. The van der Waals surface area contributed by atoms with E-state index >= 15 is 0 Å². The molecule has 8 nitrogen and oxygen atoms in total. The van der Waals surface area contributed by atoms with E-state index in [1.54, 1.807) is 14.0 Å². The molecule has 0 aliphatic carbocycles. The van der Waals surface area contributed by atoms with Gasteiger partial charge in [0.15, 0.2) is 0 Å². The van der Waals surface area contributed by atoms with Crippen molar-refractivity contribution in [2.45, 2.75) is 26.8 Å². The Balaban J connectivity index is 2.68. The van der Waals surface area contributed by atoms with Crippen LogP contribution >= 0.6 is 0 Å². The number of hydrogen-bond acceptors (Lipinski definition) is 5. The number of nitro groups is 1. The number of aryl methyl sites for hydroxylation is 1. The molecule has 1 atom stereocenters. The maximum absolute atomic E-state index is 11.8. The Morgan fingerprint density at radius 3 is 2.68 bits per heavy atom. The summed E-state index contributed by atoms with van der Waals surface area (Å²) in [6.45, 7) is 6.17. The largest absolute Gasteiger partial charge is 0.354 e. The van der Waals surface area contributed by atoms with E-state index in [4.69, 9.17) is 0 Å². The highest BCUT2D eigenvalue weighted by Gasteiger charge is 2.22. The van der Waals surface area contributed by atoms with Gasteiger partial charge in [-0.3, -0.25) is 19.6 Å². The fourth-order valence-corrected chi connectivity index (χ4v) is 1.44. The van der Waals surface area contributed by atoms with Gasteiger partial charge in [0.25, 0.3) is 0 Å². The first-order valence-electron chi connectivity index (χ1n) is 6.03. The third-order valence-corrected chi connectivity index (χ3v) is 2.44. The molecule has 0 fully saturated rings. The average molecular weight is 269 g/mol. The topological polar surface area (TPSA) is 102 Å². The summed E-state index contributed by atoms with van der Waals surface area (Å²) >= 11 is 0. The van der Waals surface area contributed by atoms with Crippen LogP contribution in [0.3, 0.4) is 0 Å². The number of nitrogens with one attached hydrogen (secondary N) is 2. The normalized spacial score (nSPS) is 12.3. The molecule has 2 N–H and O–H groups in total. The van der Waals surface area contributed by atoms with Crippen molar-refractivity contribution in [1.29, 1.82) is 0 Å². The number of nitrogens with zero attached hydrogens (tertiary/aromatic N) is 3. The molecule has 1 heterocycles. The van der Waals surface area contributed by atoms with E-state index in [2.05, 4.69) is 15.7 Å². The SMILES string of the molecule is CC(C)CNC(=O)C(C)Nc1nn(C)cc1[N+](=O)[O-]. The smallest absolute Gasteiger partial charge is 0.330 e. The van der Waals surface area contributed by atoms with E-state index in [1.165, 1.54) is 10.9 Å². The van der Waals surface area contributed by atoms with Gasteiger partial charge in [-0.25, -0.2) is 0 Å². The number of anilines is 1. The Morgan fingerprint density at radius 1 is 1.53 bits per heavy atom. The van der Waals surface area contributed by atoms with Gasteiger partial charge in [-0.1, -0.05) is 13.8 Å². The summed E-state index contributed by atoms with van der Waals surface area (Å²) in [6, 6.07) is -0.590. The highest BCUT2D eigenvalue weighted by molar-refractivity contribution is 5.84. The van der Waals surface area contributed by atoms with Crippen LogP contribution in [0.1, 0.15) is 20.8 Å². The van der Waals surface area contributed by atoms with Crippen molar-refractivity contribution in [3.8, 4) is 0 Å². The molecule has 8 heteroatoms. The van der Waals surface area contributed by atoms with Crippen LogP contribution in [0.15, 0.2) is 6.20 Å². The molecular weight excluding hydrogens is 250 g/mol. The van der Waals surface area contributed by atoms with Gasteiger partial charge in [0.1, 0.15) is 12.2 Å². The van der Waals surface area contributed by atoms with Crippen molar-refractivity contribution in [3.05, 3.63) is 16.3 Å². The number of carbonyl (C=O) groups excluding carboxylic acids is 1. The number of carbonyl (C=O) groups is 1. The minimum absolute atomic E-state index is 0.0969. The fourth-order valence-electron chi connectivity index (χ4n) is 1.44. The Kier molecular flexibility index (Phi) is 4.85. The molecule has 0 bridgehead atoms. The summed E-state index contributed by atoms with van der Waals surface area (Å²) in [5.41, 5.74) is -0.147. The van der Waals surface area contributed by atoms with Gasteiger partial charge in [-0.05, 0) is 12.8 Å². The molecular formula is C11H19N5O3. The Bertz CT molecular complexity index is 469. The summed E-state index contributed by atoms with van der Waals surface area (Å²) in [7, 11) is 1.59. The molecule has 0 aliphatic heterocycles. The molecule has 1 rings (SSSR count). The summed E-state index contributed by atoms with van der Waals surface area (Å²) in [4.78, 5) is 22.0. The fraction of sp³-hybridized carbons (Fsp3) is 0.636. The van der Waals surface area contributed by atoms with Crippen LogP contribution in [0.4, 0.5) is 11.5 Å². The molecule has 1 aromatic rings. The minimum atomic E-state index is -0.590. The van der Waals surface area contributed by atoms with E-state index < -0.39 is 11.0 Å². The van der Waals surface area contributed by atoms with Gasteiger partial charge in [-0.15, -0.1) is 5.10 Å². The second-order valence-corrected chi connectivity index (χ2v) is 4.80. The molecule has 1 unspecified atom stereocenters. The van der Waals surface area contributed by atoms with Crippen molar-refractivity contribution in [2.24, 2.45) is 13.0 Å². The van der Waals surface area contributed by atoms with Gasteiger partial charge in [-0.2, -0.15) is 0 Å². The molecule has 0 radical (unpaired) electrons. The van der Waals surface area contributed by atoms with Gasteiger partial charge in [0.2, 0.25) is 11.7 Å². The zero-order chi connectivity index (χ0) is 14.6. The first-order valence-corrected chi connectivity index (χ1v) is 6.03. The molecule has 1 amide bonds. The Morgan fingerprint density at radius 2 is 2.16 bits per heavy atom. The highest BCUT2D eigenvalue weighted by Crippen LogP contribution is 2.21. The molecule has 106 valence electrons. The lowest BCUT2D eigenvalue weighted by Crippen LogP contribution is -2.39. The maximum atomic E-state index is 11.8. The number of aromatic nitrogens is 2. The van der Waals surface area contributed by atoms with Gasteiger partial charge >= 0.3 is 5.69 Å². The van der Waals surface area contributed by atoms with E-state index in [1.807, 2.05) is 13.8 Å². The maximum Gasteiger partial charge on any atom is 0.330 e. The summed E-state index contributed by atoms with van der Waals surface area (Å²) in [5, 5.41) is 20.2. The predicted molar refractivity (Wildman–Crippen MR) is 70.8 cm³/mol. The van der Waals surface area contributed by atoms with E-state index in [9.17, 15) is 14.9 Å². The van der Waals surface area contributed by atoms with Crippen LogP contribution in [0.2, 0.25) is 0 Å². The molecule has 0 aliphatic rings. The predicted octanol–water partition coefficient (Wildman–Crippen LogP) is 0.901. The lowest BCUT2D eigenvalue weighted by molar-refractivity contribution is -0.384. The van der Waals surface area contributed by atoms with E-state index in [-0.39, 0.29) is 17.4 Å². The highest BCUT2D eigenvalue weighted by atomic mass is 16.6. The first kappa shape index (κ1) is 14.9. The van der Waals surface area contributed by atoms with Crippen molar-refractivity contribution in [2.75, 3.05) is 11.9 Å². The zero-order valence-electron chi connectivity index (χ0n) is 11.5. The summed E-state index contributed by atoms with van der Waals surface area (Å²) in [5.74, 6) is 0.230. The second kappa shape index (κ2) is 6.17. The number of rotatable bonds is 6. The molecule has 0 spiro atoms. The standard InChI is InChI=1S/C11H19N5O3/c1-7(2)5-12-11(17)8(3)13-10-9(16(18)19)6-15(4)14-10/h6-8H,5H2,1-4H3,(H,12,17)(H,13,14). The first-order chi connectivity index (χ1) is 8.81. The second-order valence-electron chi connectivity index (χ2n) is 4.80. The van der Waals surface area contributed by atoms with Gasteiger partial charge < -0.3 is 10.6 Å². The third-order valence-electron chi connectivity index (χ3n) is 2.44. The lowest BCUT2D eigenvalue weighted by atomic mass is 10.2. The van der Waals surface area contributed by atoms with Crippen LogP contribution in [0.5, 0.6) is 0 Å². The quantitative estimate of drug-likeness (QED) is 0.590. The van der Waals surface area contributed by atoms with E-state index in [0.717, 1.165) is 0 Å². The molecule has 1 aromatic heterocycles. The minimum Gasteiger partial charge on any atom is -0.354 e. The molecule has 19 heavy (non-hydrogen) atoms. The Labute approximate surface area is 111 Å². The van der Waals surface area contributed by atoms with Crippen molar-refractivity contribution in [3.63, 3.8) is 0 Å². The van der Waals surface area contributed by atoms with Crippen LogP contribution in [-0.4, -0.2) is 33.2 Å². The van der Waals surface area contributed by atoms with Gasteiger partial charge in [0.05, 0.1) is 4.92 Å². The van der Waals surface area contributed by atoms with Crippen molar-refractivity contribution < 1.29 is 9.72 Å². The monoisotopic (exact) mass is 269 g/mol. The zero-order valence-corrected chi connectivity index (χ0v) is 11.5. The van der Waals surface area contributed by atoms with Crippen molar-refractivity contribution >= 4 is 17.4 Å². The molecule has 0 aromatic carbocycles.